The number of benzene rings is 1. The van der Waals surface area contributed by atoms with Gasteiger partial charge in [0.05, 0.1) is 0 Å². The molecular formula is C15H18O7. The number of aliphatic hydroxyl groups is 4. The zero-order valence-electron chi connectivity index (χ0n) is 11.6. The summed E-state index contributed by atoms with van der Waals surface area (Å²) in [5.74, 6) is -0.658. The average Bonchev–Trinajstić information content (AvgIpc) is 2.54. The summed E-state index contributed by atoms with van der Waals surface area (Å²) >= 11 is 0. The molecule has 1 heterocycles. The quantitative estimate of drug-likeness (QED) is 0.418. The van der Waals surface area contributed by atoms with E-state index in [1.807, 2.05) is 30.3 Å². The first-order valence-corrected chi connectivity index (χ1v) is 6.76. The Morgan fingerprint density at radius 1 is 1.09 bits per heavy atom. The van der Waals surface area contributed by atoms with Crippen LogP contribution >= 0.6 is 0 Å². The van der Waals surface area contributed by atoms with Crippen LogP contribution in [0.2, 0.25) is 0 Å². The van der Waals surface area contributed by atoms with Crippen LogP contribution in [0.3, 0.4) is 0 Å². The molecule has 1 saturated heterocycles. The highest BCUT2D eigenvalue weighted by Crippen LogP contribution is 2.20. The van der Waals surface area contributed by atoms with Crippen LogP contribution in [0.5, 0.6) is 0 Å². The van der Waals surface area contributed by atoms with Crippen LogP contribution < -0.4 is 0 Å². The highest BCUT2D eigenvalue weighted by Gasteiger charge is 2.43. The molecule has 2 rings (SSSR count). The van der Waals surface area contributed by atoms with Gasteiger partial charge in [-0.1, -0.05) is 30.3 Å². The molecule has 120 valence electrons. The molecule has 1 aliphatic rings. The summed E-state index contributed by atoms with van der Waals surface area (Å²) < 4.78 is 9.78. The zero-order chi connectivity index (χ0) is 16.1. The molecule has 0 aromatic heterocycles. The van der Waals surface area contributed by atoms with Gasteiger partial charge in [-0.2, -0.15) is 0 Å². The summed E-state index contributed by atoms with van der Waals surface area (Å²) in [4.78, 5) is 11.6. The van der Waals surface area contributed by atoms with Crippen molar-refractivity contribution in [2.24, 2.45) is 0 Å². The summed E-state index contributed by atoms with van der Waals surface area (Å²) in [6.45, 7) is -0.361. The van der Waals surface area contributed by atoms with E-state index in [0.29, 0.717) is 0 Å². The molecule has 4 N–H and O–H groups in total. The molecule has 0 radical (unpaired) electrons. The summed E-state index contributed by atoms with van der Waals surface area (Å²) in [6, 6.07) is 9.12. The first kappa shape index (κ1) is 16.6. The van der Waals surface area contributed by atoms with E-state index >= 15 is 0 Å². The Balaban J connectivity index is 1.84. The molecule has 5 unspecified atom stereocenters. The Bertz CT molecular complexity index is 516. The van der Waals surface area contributed by atoms with Crippen LogP contribution in [-0.2, 0) is 14.3 Å². The molecule has 5 atom stereocenters. The van der Waals surface area contributed by atoms with Crippen molar-refractivity contribution >= 4 is 12.0 Å². The fraction of sp³-hybridized carbons (Fsp3) is 0.400. The summed E-state index contributed by atoms with van der Waals surface area (Å²) in [5, 5.41) is 37.9. The lowest BCUT2D eigenvalue weighted by Gasteiger charge is -2.37. The number of carbonyl (C=O) groups excluding carboxylic acids is 1. The Kier molecular flexibility index (Phi) is 5.64. The highest BCUT2D eigenvalue weighted by molar-refractivity contribution is 5.87. The Hall–Kier alpha value is -1.77. The molecule has 0 bridgehead atoms. The maximum atomic E-state index is 11.6. The number of hydrogen-bond donors (Lipinski definition) is 4. The second-order valence-electron chi connectivity index (χ2n) is 4.91. The Labute approximate surface area is 127 Å². The minimum absolute atomic E-state index is 0.361. The third-order valence-corrected chi connectivity index (χ3v) is 3.29. The molecule has 1 aromatic rings. The van der Waals surface area contributed by atoms with Gasteiger partial charge in [-0.25, -0.2) is 4.79 Å². The molecule has 1 aliphatic heterocycles. The largest absolute Gasteiger partial charge is 0.460 e. The molecule has 7 heteroatoms. The van der Waals surface area contributed by atoms with Crippen molar-refractivity contribution in [1.29, 1.82) is 0 Å². The third kappa shape index (κ3) is 4.12. The predicted molar refractivity (Wildman–Crippen MR) is 75.3 cm³/mol. The van der Waals surface area contributed by atoms with Gasteiger partial charge < -0.3 is 29.9 Å². The monoisotopic (exact) mass is 310 g/mol. The minimum Gasteiger partial charge on any atom is -0.460 e. The van der Waals surface area contributed by atoms with Crippen molar-refractivity contribution in [2.75, 3.05) is 6.61 Å². The van der Waals surface area contributed by atoms with Crippen molar-refractivity contribution in [3.8, 4) is 0 Å². The molecular weight excluding hydrogens is 292 g/mol. The van der Waals surface area contributed by atoms with Crippen LogP contribution in [0.1, 0.15) is 5.56 Å². The standard InChI is InChI=1S/C15H18O7/c16-11(7-6-9-4-2-1-3-5-9)21-8-10-12(17)13(18)14(19)15(20)22-10/h1-7,10,12-15,17-20H,8H2. The summed E-state index contributed by atoms with van der Waals surface area (Å²) in [5.41, 5.74) is 0.822. The lowest BCUT2D eigenvalue weighted by Crippen LogP contribution is -2.58. The van der Waals surface area contributed by atoms with Crippen LogP contribution in [-0.4, -0.2) is 63.7 Å². The van der Waals surface area contributed by atoms with Gasteiger partial charge >= 0.3 is 5.97 Å². The van der Waals surface area contributed by atoms with Gasteiger partial charge in [0.15, 0.2) is 6.29 Å². The zero-order valence-corrected chi connectivity index (χ0v) is 11.6. The second-order valence-corrected chi connectivity index (χ2v) is 4.91. The highest BCUT2D eigenvalue weighted by atomic mass is 16.6. The van der Waals surface area contributed by atoms with Crippen molar-refractivity contribution < 1.29 is 34.7 Å². The Morgan fingerprint density at radius 3 is 2.45 bits per heavy atom. The van der Waals surface area contributed by atoms with Crippen LogP contribution in [0.15, 0.2) is 36.4 Å². The number of hydrogen-bond acceptors (Lipinski definition) is 7. The maximum Gasteiger partial charge on any atom is 0.330 e. The molecule has 1 aromatic carbocycles. The van der Waals surface area contributed by atoms with Gasteiger partial charge in [0.25, 0.3) is 0 Å². The van der Waals surface area contributed by atoms with Gasteiger partial charge in [-0.15, -0.1) is 0 Å². The van der Waals surface area contributed by atoms with E-state index in [9.17, 15) is 25.2 Å². The van der Waals surface area contributed by atoms with Gasteiger partial charge in [0.2, 0.25) is 0 Å². The first-order chi connectivity index (χ1) is 10.5. The van der Waals surface area contributed by atoms with E-state index in [-0.39, 0.29) is 6.61 Å². The van der Waals surface area contributed by atoms with Crippen molar-refractivity contribution in [1.82, 2.24) is 0 Å². The van der Waals surface area contributed by atoms with Crippen molar-refractivity contribution in [2.45, 2.75) is 30.7 Å². The van der Waals surface area contributed by atoms with Gasteiger partial charge in [-0.3, -0.25) is 0 Å². The van der Waals surface area contributed by atoms with E-state index in [1.165, 1.54) is 6.08 Å². The normalized spacial score (nSPS) is 32.1. The van der Waals surface area contributed by atoms with Gasteiger partial charge in [0.1, 0.15) is 31.0 Å². The van der Waals surface area contributed by atoms with Gasteiger partial charge in [0, 0.05) is 6.08 Å². The number of esters is 1. The topological polar surface area (TPSA) is 116 Å². The van der Waals surface area contributed by atoms with Crippen LogP contribution in [0, 0.1) is 0 Å². The van der Waals surface area contributed by atoms with E-state index in [1.54, 1.807) is 6.08 Å². The fourth-order valence-electron chi connectivity index (χ4n) is 2.01. The maximum absolute atomic E-state index is 11.6. The molecule has 7 nitrogen and oxygen atoms in total. The number of carbonyl (C=O) groups is 1. The van der Waals surface area contributed by atoms with E-state index in [0.717, 1.165) is 5.56 Å². The second kappa shape index (κ2) is 7.48. The first-order valence-electron chi connectivity index (χ1n) is 6.76. The number of ether oxygens (including phenoxy) is 2. The van der Waals surface area contributed by atoms with E-state index in [4.69, 9.17) is 9.47 Å². The number of rotatable bonds is 4. The lowest BCUT2D eigenvalue weighted by atomic mass is 9.99. The average molecular weight is 310 g/mol. The van der Waals surface area contributed by atoms with Crippen LogP contribution in [0.4, 0.5) is 0 Å². The summed E-state index contributed by atoms with van der Waals surface area (Å²) in [7, 11) is 0. The van der Waals surface area contributed by atoms with Gasteiger partial charge in [-0.05, 0) is 11.6 Å². The predicted octanol–water partition coefficient (Wildman–Crippen LogP) is -0.957. The molecule has 1 fully saturated rings. The smallest absolute Gasteiger partial charge is 0.330 e. The summed E-state index contributed by atoms with van der Waals surface area (Å²) in [6.07, 6.45) is -4.65. The van der Waals surface area contributed by atoms with E-state index < -0.39 is 36.7 Å². The van der Waals surface area contributed by atoms with Crippen LogP contribution in [0.25, 0.3) is 6.08 Å². The Morgan fingerprint density at radius 2 is 1.77 bits per heavy atom. The molecule has 0 amide bonds. The van der Waals surface area contributed by atoms with E-state index in [2.05, 4.69) is 0 Å². The SMILES string of the molecule is O=C(C=Cc1ccccc1)OCC1OC(O)C(O)C(O)C1O. The number of aliphatic hydroxyl groups excluding tert-OH is 4. The lowest BCUT2D eigenvalue weighted by molar-refractivity contribution is -0.287. The molecule has 0 aliphatic carbocycles. The molecule has 0 spiro atoms. The molecule has 0 saturated carbocycles. The fourth-order valence-corrected chi connectivity index (χ4v) is 2.01. The molecule has 22 heavy (non-hydrogen) atoms. The van der Waals surface area contributed by atoms with Crippen molar-refractivity contribution in [3.05, 3.63) is 42.0 Å². The van der Waals surface area contributed by atoms with Crippen molar-refractivity contribution in [3.63, 3.8) is 0 Å². The minimum atomic E-state index is -1.65. The third-order valence-electron chi connectivity index (χ3n) is 3.29.